The van der Waals surface area contributed by atoms with Crippen molar-refractivity contribution in [3.8, 4) is 0 Å². The number of hydrogen-bond acceptors (Lipinski definition) is 4. The zero-order chi connectivity index (χ0) is 18.8. The lowest BCUT2D eigenvalue weighted by atomic mass is 10.0. The Morgan fingerprint density at radius 3 is 2.48 bits per heavy atom. The molecular weight excluding hydrogens is 336 g/mol. The summed E-state index contributed by atoms with van der Waals surface area (Å²) in [5.74, 6) is 0.973. The van der Waals surface area contributed by atoms with Crippen molar-refractivity contribution in [2.24, 2.45) is 0 Å². The highest BCUT2D eigenvalue weighted by Gasteiger charge is 2.26. The number of piperidine rings is 1. The molecule has 1 fully saturated rings. The molecule has 0 unspecified atom stereocenters. The lowest BCUT2D eigenvalue weighted by molar-refractivity contribution is -0.119. The highest BCUT2D eigenvalue weighted by atomic mass is 16.2. The molecule has 2 aliphatic heterocycles. The van der Waals surface area contributed by atoms with E-state index in [0.717, 1.165) is 42.3 Å². The molecule has 0 radical (unpaired) electrons. The Kier molecular flexibility index (Phi) is 5.01. The van der Waals surface area contributed by atoms with E-state index in [4.69, 9.17) is 0 Å². The van der Waals surface area contributed by atoms with Crippen LogP contribution < -0.4 is 15.1 Å². The van der Waals surface area contributed by atoms with Gasteiger partial charge in [-0.15, -0.1) is 0 Å². The minimum absolute atomic E-state index is 0.149. The quantitative estimate of drug-likeness (QED) is 0.867. The van der Waals surface area contributed by atoms with Gasteiger partial charge in [0, 0.05) is 49.2 Å². The number of aromatic nitrogens is 1. The molecule has 2 aliphatic rings. The number of anilines is 4. The number of amides is 1. The van der Waals surface area contributed by atoms with E-state index >= 15 is 0 Å². The molecule has 1 saturated heterocycles. The molecule has 1 aromatic heterocycles. The number of rotatable bonds is 4. The van der Waals surface area contributed by atoms with Gasteiger partial charge in [-0.05, 0) is 69.4 Å². The Balaban J connectivity index is 1.52. The van der Waals surface area contributed by atoms with Gasteiger partial charge in [0.15, 0.2) is 0 Å². The highest BCUT2D eigenvalue weighted by Crippen LogP contribution is 2.32. The Labute approximate surface area is 161 Å². The van der Waals surface area contributed by atoms with Crippen LogP contribution in [0.3, 0.4) is 0 Å². The average Bonchev–Trinajstić information content (AvgIpc) is 2.69. The standard InChI is InChI=1S/C22H28N4O/c1-16(2)26-20-14-21(23-15-17(20)6-11-22(26)27)24-18-7-9-19(10-8-18)25-12-4-3-5-13-25/h7-10,14-16H,3-6,11-13H2,1-2H3,(H,23,24). The van der Waals surface area contributed by atoms with Crippen LogP contribution in [0.4, 0.5) is 22.9 Å². The van der Waals surface area contributed by atoms with Gasteiger partial charge in [-0.2, -0.15) is 0 Å². The van der Waals surface area contributed by atoms with E-state index < -0.39 is 0 Å². The van der Waals surface area contributed by atoms with E-state index in [0.29, 0.717) is 6.42 Å². The normalized spacial score (nSPS) is 17.2. The maximum absolute atomic E-state index is 12.3. The number of hydrogen-bond donors (Lipinski definition) is 1. The molecule has 0 spiro atoms. The third-order valence-corrected chi connectivity index (χ3v) is 5.48. The fourth-order valence-electron chi connectivity index (χ4n) is 4.08. The van der Waals surface area contributed by atoms with Crippen molar-refractivity contribution in [3.63, 3.8) is 0 Å². The molecule has 5 heteroatoms. The summed E-state index contributed by atoms with van der Waals surface area (Å²) < 4.78 is 0. The number of carbonyl (C=O) groups excluding carboxylic acids is 1. The summed E-state index contributed by atoms with van der Waals surface area (Å²) in [6.45, 7) is 6.41. The molecule has 0 bridgehead atoms. The van der Waals surface area contributed by atoms with Crippen LogP contribution in [0.15, 0.2) is 36.5 Å². The Morgan fingerprint density at radius 2 is 1.78 bits per heavy atom. The summed E-state index contributed by atoms with van der Waals surface area (Å²) >= 11 is 0. The van der Waals surface area contributed by atoms with E-state index in [1.807, 2.05) is 17.2 Å². The minimum atomic E-state index is 0.149. The average molecular weight is 364 g/mol. The van der Waals surface area contributed by atoms with Crippen LogP contribution >= 0.6 is 0 Å². The molecule has 1 amide bonds. The van der Waals surface area contributed by atoms with Crippen LogP contribution in [0.2, 0.25) is 0 Å². The first-order valence-corrected chi connectivity index (χ1v) is 10.0. The molecule has 5 nitrogen and oxygen atoms in total. The summed E-state index contributed by atoms with van der Waals surface area (Å²) in [5, 5.41) is 3.39. The lowest BCUT2D eigenvalue weighted by Crippen LogP contribution is -2.40. The van der Waals surface area contributed by atoms with Gasteiger partial charge in [0.2, 0.25) is 5.91 Å². The first-order valence-electron chi connectivity index (χ1n) is 10.0. The Bertz CT molecular complexity index is 810. The number of pyridine rings is 1. The third kappa shape index (κ3) is 3.77. The second-order valence-electron chi connectivity index (χ2n) is 7.78. The summed E-state index contributed by atoms with van der Waals surface area (Å²) in [5.41, 5.74) is 4.44. The fourth-order valence-corrected chi connectivity index (χ4v) is 4.08. The van der Waals surface area contributed by atoms with Gasteiger partial charge in [0.05, 0.1) is 5.69 Å². The molecule has 0 atom stereocenters. The third-order valence-electron chi connectivity index (χ3n) is 5.48. The van der Waals surface area contributed by atoms with Crippen molar-refractivity contribution in [3.05, 3.63) is 42.1 Å². The molecule has 1 aromatic carbocycles. The first-order chi connectivity index (χ1) is 13.1. The van der Waals surface area contributed by atoms with Gasteiger partial charge >= 0.3 is 0 Å². The van der Waals surface area contributed by atoms with Crippen LogP contribution in [-0.2, 0) is 11.2 Å². The van der Waals surface area contributed by atoms with Crippen LogP contribution in [-0.4, -0.2) is 30.0 Å². The molecule has 27 heavy (non-hydrogen) atoms. The second kappa shape index (κ2) is 7.59. The van der Waals surface area contributed by atoms with Crippen molar-refractivity contribution < 1.29 is 4.79 Å². The van der Waals surface area contributed by atoms with Crippen LogP contribution in [0.1, 0.15) is 45.1 Å². The van der Waals surface area contributed by atoms with E-state index in [2.05, 4.69) is 53.3 Å². The second-order valence-corrected chi connectivity index (χ2v) is 7.78. The predicted molar refractivity (Wildman–Crippen MR) is 111 cm³/mol. The molecular formula is C22H28N4O. The van der Waals surface area contributed by atoms with E-state index in [-0.39, 0.29) is 11.9 Å². The Morgan fingerprint density at radius 1 is 1.04 bits per heavy atom. The zero-order valence-electron chi connectivity index (χ0n) is 16.2. The topological polar surface area (TPSA) is 48.5 Å². The van der Waals surface area contributed by atoms with Gasteiger partial charge in [0.1, 0.15) is 5.82 Å². The molecule has 3 heterocycles. The fraction of sp³-hybridized carbons (Fsp3) is 0.455. The van der Waals surface area contributed by atoms with Gasteiger partial charge in [-0.1, -0.05) is 0 Å². The number of benzene rings is 1. The lowest BCUT2D eigenvalue weighted by Gasteiger charge is -2.32. The van der Waals surface area contributed by atoms with E-state index in [1.165, 1.54) is 24.9 Å². The highest BCUT2D eigenvalue weighted by molar-refractivity contribution is 5.97. The van der Waals surface area contributed by atoms with Crippen LogP contribution in [0.5, 0.6) is 0 Å². The number of carbonyl (C=O) groups is 1. The molecule has 2 aromatic rings. The number of nitrogens with zero attached hydrogens (tertiary/aromatic N) is 3. The summed E-state index contributed by atoms with van der Waals surface area (Å²) in [7, 11) is 0. The monoisotopic (exact) mass is 364 g/mol. The van der Waals surface area contributed by atoms with Crippen molar-refractivity contribution in [2.75, 3.05) is 28.2 Å². The van der Waals surface area contributed by atoms with Gasteiger partial charge in [-0.3, -0.25) is 4.79 Å². The zero-order valence-corrected chi connectivity index (χ0v) is 16.2. The van der Waals surface area contributed by atoms with E-state index in [1.54, 1.807) is 0 Å². The van der Waals surface area contributed by atoms with E-state index in [9.17, 15) is 4.79 Å². The smallest absolute Gasteiger partial charge is 0.227 e. The van der Waals surface area contributed by atoms with Gasteiger partial charge in [-0.25, -0.2) is 4.98 Å². The summed E-state index contributed by atoms with van der Waals surface area (Å²) in [6, 6.07) is 10.7. The van der Waals surface area contributed by atoms with Crippen LogP contribution in [0.25, 0.3) is 0 Å². The largest absolute Gasteiger partial charge is 0.372 e. The number of nitrogens with one attached hydrogen (secondary N) is 1. The molecule has 0 aliphatic carbocycles. The molecule has 4 rings (SSSR count). The maximum Gasteiger partial charge on any atom is 0.227 e. The predicted octanol–water partition coefficient (Wildman–Crippen LogP) is 4.50. The van der Waals surface area contributed by atoms with Crippen molar-refractivity contribution in [2.45, 2.75) is 52.0 Å². The van der Waals surface area contributed by atoms with Gasteiger partial charge in [0.25, 0.3) is 0 Å². The van der Waals surface area contributed by atoms with Gasteiger partial charge < -0.3 is 15.1 Å². The Hall–Kier alpha value is -2.56. The minimum Gasteiger partial charge on any atom is -0.372 e. The summed E-state index contributed by atoms with van der Waals surface area (Å²) in [6.07, 6.45) is 7.15. The molecule has 142 valence electrons. The maximum atomic E-state index is 12.3. The molecule has 0 saturated carbocycles. The SMILES string of the molecule is CC(C)N1C(=O)CCc2cnc(Nc3ccc(N4CCCCC4)cc3)cc21. The number of fused-ring (bicyclic) bond motifs is 1. The van der Waals surface area contributed by atoms with Crippen molar-refractivity contribution >= 4 is 28.8 Å². The summed E-state index contributed by atoms with van der Waals surface area (Å²) in [4.78, 5) is 21.2. The first kappa shape index (κ1) is 17.8. The van der Waals surface area contributed by atoms with Crippen molar-refractivity contribution in [1.82, 2.24) is 4.98 Å². The van der Waals surface area contributed by atoms with Crippen LogP contribution in [0, 0.1) is 0 Å². The number of aryl methyl sites for hydroxylation is 1. The molecule has 1 N–H and O–H groups in total. The van der Waals surface area contributed by atoms with Crippen molar-refractivity contribution in [1.29, 1.82) is 0 Å².